The third-order valence-electron chi connectivity index (χ3n) is 10.3. The van der Waals surface area contributed by atoms with E-state index >= 15 is 0 Å². The van der Waals surface area contributed by atoms with Crippen molar-refractivity contribution >= 4 is 54.8 Å². The van der Waals surface area contributed by atoms with Gasteiger partial charge in [-0.05, 0) is 84.2 Å². The number of furan rings is 1. The molecule has 0 unspecified atom stereocenters. The van der Waals surface area contributed by atoms with Crippen LogP contribution < -0.4 is 9.30 Å². The minimum Gasteiger partial charge on any atom is -0.458 e. The van der Waals surface area contributed by atoms with Crippen LogP contribution in [-0.4, -0.2) is 14.1 Å². The Labute approximate surface area is 320 Å². The second-order valence-electron chi connectivity index (χ2n) is 13.6. The Bertz CT molecular complexity index is 3380. The molecule has 11 rings (SSSR count). The topological polar surface area (TPSA) is 49.0 Å². The van der Waals surface area contributed by atoms with Crippen LogP contribution in [0, 0.1) is 13.2 Å². The van der Waals surface area contributed by atoms with Gasteiger partial charge in [0.2, 0.25) is 0 Å². The molecule has 0 N–H and O–H groups in total. The number of fused-ring (bicyclic) bond motifs is 7. The lowest BCUT2D eigenvalue weighted by atomic mass is 9.99. The number of ether oxygens (including phenoxy) is 1. The second kappa shape index (κ2) is 12.3. The summed E-state index contributed by atoms with van der Waals surface area (Å²) in [7, 11) is 0. The van der Waals surface area contributed by atoms with E-state index in [-0.39, 0.29) is 5.56 Å². The summed E-state index contributed by atoms with van der Waals surface area (Å²) in [6.07, 6.45) is 5.29. The van der Waals surface area contributed by atoms with Crippen molar-refractivity contribution in [2.45, 2.75) is 6.85 Å². The first-order valence-electron chi connectivity index (χ1n) is 19.6. The number of hydrogen-bond donors (Lipinski definition) is 0. The van der Waals surface area contributed by atoms with Gasteiger partial charge in [-0.3, -0.25) is 13.7 Å². The molecule has 7 aromatic carbocycles. The number of imidazole rings is 1. The van der Waals surface area contributed by atoms with Gasteiger partial charge >= 0.3 is 0 Å². The predicted octanol–water partition coefficient (Wildman–Crippen LogP) is 11.9. The van der Waals surface area contributed by atoms with Crippen molar-refractivity contribution in [3.05, 3.63) is 188 Å². The maximum Gasteiger partial charge on any atom is 0.269 e. The van der Waals surface area contributed by atoms with E-state index in [0.717, 1.165) is 77.3 Å². The van der Waals surface area contributed by atoms with Crippen LogP contribution in [0.2, 0.25) is 0 Å². The molecule has 260 valence electrons. The summed E-state index contributed by atoms with van der Waals surface area (Å²) in [6.45, 7) is -2.26. The summed E-state index contributed by atoms with van der Waals surface area (Å²) in [5.74, 6) is 1.80. The van der Waals surface area contributed by atoms with Crippen molar-refractivity contribution < 1.29 is 17.8 Å². The number of rotatable bonds is 6. The van der Waals surface area contributed by atoms with E-state index in [1.807, 2.05) is 89.5 Å². The molecule has 0 saturated carbocycles. The smallest absolute Gasteiger partial charge is 0.269 e. The number of benzene rings is 7. The number of nitrogens with zero attached hydrogens (tertiary/aromatic N) is 4. The summed E-state index contributed by atoms with van der Waals surface area (Å²) in [4.78, 5) is 4.61. The van der Waals surface area contributed by atoms with Gasteiger partial charge in [-0.25, -0.2) is 4.98 Å². The Morgan fingerprint density at radius 2 is 1.42 bits per heavy atom. The molecule has 0 radical (unpaired) electrons. The SMILES string of the molecule is [2H]C([2H])([2H])c1ccnc(-n2c3ccccc3c3ccc(Oc4cccc(-n5[c-][n+](-c6c(-c7ccccc7)ccc7oc8ccccc8c67)c6ccccc65)c4)cc32)c1. The normalized spacial score (nSPS) is 12.8. The van der Waals surface area contributed by atoms with Crippen molar-refractivity contribution in [2.75, 3.05) is 0 Å². The highest BCUT2D eigenvalue weighted by Gasteiger charge is 2.22. The van der Waals surface area contributed by atoms with E-state index < -0.39 is 6.85 Å². The highest BCUT2D eigenvalue weighted by Crippen LogP contribution is 2.39. The maximum absolute atomic E-state index is 8.02. The number of aromatic nitrogens is 4. The zero-order valence-electron chi connectivity index (χ0n) is 32.3. The van der Waals surface area contributed by atoms with Crippen molar-refractivity contribution in [3.63, 3.8) is 0 Å². The molecular formula is C49H32N4O2. The lowest BCUT2D eigenvalue weighted by Gasteiger charge is -2.13. The van der Waals surface area contributed by atoms with Gasteiger partial charge in [0.1, 0.15) is 28.5 Å². The van der Waals surface area contributed by atoms with Crippen LogP contribution in [-0.2, 0) is 0 Å². The van der Waals surface area contributed by atoms with Gasteiger partial charge in [-0.15, -0.1) is 0 Å². The molecule has 4 aromatic heterocycles. The minimum atomic E-state index is -2.26. The fourth-order valence-electron chi connectivity index (χ4n) is 7.92. The monoisotopic (exact) mass is 711 g/mol. The Balaban J connectivity index is 1.04. The summed E-state index contributed by atoms with van der Waals surface area (Å²) in [6, 6.07) is 56.3. The first kappa shape index (κ1) is 28.1. The van der Waals surface area contributed by atoms with Crippen LogP contribution in [0.1, 0.15) is 9.68 Å². The van der Waals surface area contributed by atoms with Gasteiger partial charge in [0.25, 0.3) is 6.33 Å². The van der Waals surface area contributed by atoms with Crippen LogP contribution in [0.5, 0.6) is 11.5 Å². The molecule has 6 heteroatoms. The third kappa shape index (κ3) is 5.03. The fraction of sp³-hybridized carbons (Fsp3) is 0.0204. The van der Waals surface area contributed by atoms with E-state index in [1.165, 1.54) is 0 Å². The average Bonchev–Trinajstić information content (AvgIpc) is 3.93. The quantitative estimate of drug-likeness (QED) is 0.127. The Kier molecular flexibility index (Phi) is 6.30. The van der Waals surface area contributed by atoms with Gasteiger partial charge < -0.3 is 9.15 Å². The Morgan fingerprint density at radius 3 is 2.33 bits per heavy atom. The van der Waals surface area contributed by atoms with E-state index in [0.29, 0.717) is 17.3 Å². The highest BCUT2D eigenvalue weighted by atomic mass is 16.5. The second-order valence-corrected chi connectivity index (χ2v) is 13.6. The molecule has 0 atom stereocenters. The van der Waals surface area contributed by atoms with Crippen LogP contribution in [0.25, 0.3) is 83.1 Å². The molecule has 11 aromatic rings. The fourth-order valence-corrected chi connectivity index (χ4v) is 7.92. The van der Waals surface area contributed by atoms with Crippen LogP contribution >= 0.6 is 0 Å². The molecule has 0 aliphatic rings. The number of aryl methyl sites for hydroxylation is 1. The molecule has 55 heavy (non-hydrogen) atoms. The largest absolute Gasteiger partial charge is 0.458 e. The minimum absolute atomic E-state index is 0.231. The zero-order valence-corrected chi connectivity index (χ0v) is 29.3. The van der Waals surface area contributed by atoms with Gasteiger partial charge in [-0.2, -0.15) is 0 Å². The molecule has 0 aliphatic heterocycles. The average molecular weight is 712 g/mol. The Morgan fingerprint density at radius 1 is 0.636 bits per heavy atom. The van der Waals surface area contributed by atoms with Gasteiger partial charge in [0.05, 0.1) is 33.4 Å². The van der Waals surface area contributed by atoms with Gasteiger partial charge in [0, 0.05) is 37.9 Å². The van der Waals surface area contributed by atoms with E-state index in [9.17, 15) is 0 Å². The molecular weight excluding hydrogens is 677 g/mol. The molecule has 0 aliphatic carbocycles. The van der Waals surface area contributed by atoms with Gasteiger partial charge in [-0.1, -0.05) is 103 Å². The Hall–Kier alpha value is -7.44. The highest BCUT2D eigenvalue weighted by molar-refractivity contribution is 6.11. The summed E-state index contributed by atoms with van der Waals surface area (Å²) in [5, 5.41) is 4.09. The maximum atomic E-state index is 8.02. The van der Waals surface area contributed by atoms with E-state index in [4.69, 9.17) is 13.3 Å². The summed E-state index contributed by atoms with van der Waals surface area (Å²) in [5.41, 5.74) is 9.61. The molecule has 0 fully saturated rings. The van der Waals surface area contributed by atoms with Crippen molar-refractivity contribution in [2.24, 2.45) is 0 Å². The van der Waals surface area contributed by atoms with Crippen LogP contribution in [0.15, 0.2) is 180 Å². The standard InChI is InChI=1S/C49H32N4O2/c1-32-26-27-50-47(28-32)53-41-18-7-5-16-38(41)39-23-22-36(30-44(39)53)54-35-15-11-14-34(29-35)51-31-52(43-20-9-8-19-42(43)51)49-37(33-12-3-2-4-13-33)24-25-46-48(49)40-17-6-10-21-45(40)55-46/h2-30H,1H3/i1D3. The predicted molar refractivity (Wildman–Crippen MR) is 220 cm³/mol. The number of hydrogen-bond acceptors (Lipinski definition) is 3. The summed E-state index contributed by atoms with van der Waals surface area (Å²) >= 11 is 0. The molecule has 4 heterocycles. The zero-order chi connectivity index (χ0) is 39.0. The van der Waals surface area contributed by atoms with Crippen molar-refractivity contribution in [3.8, 4) is 39.8 Å². The molecule has 0 amide bonds. The number of pyridine rings is 1. The van der Waals surface area contributed by atoms with Crippen LogP contribution in [0.4, 0.5) is 0 Å². The summed E-state index contributed by atoms with van der Waals surface area (Å²) < 4.78 is 43.3. The van der Waals surface area contributed by atoms with Gasteiger partial charge in [0.15, 0.2) is 0 Å². The van der Waals surface area contributed by atoms with Crippen LogP contribution in [0.3, 0.4) is 0 Å². The molecule has 0 saturated heterocycles. The molecule has 0 spiro atoms. The van der Waals surface area contributed by atoms with E-state index in [2.05, 4.69) is 93.2 Å². The van der Waals surface area contributed by atoms with Crippen molar-refractivity contribution in [1.29, 1.82) is 0 Å². The first-order valence-corrected chi connectivity index (χ1v) is 18.1. The van der Waals surface area contributed by atoms with E-state index in [1.54, 1.807) is 18.3 Å². The molecule has 6 nitrogen and oxygen atoms in total. The third-order valence-corrected chi connectivity index (χ3v) is 10.3. The van der Waals surface area contributed by atoms with Crippen molar-refractivity contribution in [1.82, 2.24) is 14.1 Å². The number of para-hydroxylation sites is 4. The lowest BCUT2D eigenvalue weighted by Crippen LogP contribution is -2.30. The lowest BCUT2D eigenvalue weighted by molar-refractivity contribution is -0.570. The molecule has 0 bridgehead atoms. The first-order chi connectivity index (χ1) is 28.4.